The Balaban J connectivity index is 1.73. The molecule has 0 unspecified atom stereocenters. The van der Waals surface area contributed by atoms with Gasteiger partial charge in [0.15, 0.2) is 21.0 Å². The zero-order valence-electron chi connectivity index (χ0n) is 15.3. The predicted octanol–water partition coefficient (Wildman–Crippen LogP) is 2.52. The molecule has 0 spiro atoms. The van der Waals surface area contributed by atoms with Gasteiger partial charge < -0.3 is 13.7 Å². The summed E-state index contributed by atoms with van der Waals surface area (Å²) in [6.07, 6.45) is 1.83. The zero-order valence-corrected chi connectivity index (χ0v) is 16.1. The summed E-state index contributed by atoms with van der Waals surface area (Å²) in [5.41, 5.74) is 0.915. The maximum absolute atomic E-state index is 13.2. The molecule has 1 aromatic carbocycles. The van der Waals surface area contributed by atoms with Gasteiger partial charge in [-0.25, -0.2) is 8.42 Å². The number of carbonyl (C=O) groups is 1. The second-order valence-electron chi connectivity index (χ2n) is 7.04. The number of aryl methyl sites for hydroxylation is 1. The van der Waals surface area contributed by atoms with Crippen LogP contribution in [0, 0.1) is 6.92 Å². The molecule has 0 aliphatic carbocycles. The molecular weight excluding hydrogens is 382 g/mol. The van der Waals surface area contributed by atoms with Gasteiger partial charge in [-0.15, -0.1) is 0 Å². The van der Waals surface area contributed by atoms with Gasteiger partial charge >= 0.3 is 0 Å². The molecule has 1 fully saturated rings. The van der Waals surface area contributed by atoms with Gasteiger partial charge in [-0.3, -0.25) is 9.59 Å². The van der Waals surface area contributed by atoms with Crippen molar-refractivity contribution in [1.29, 1.82) is 0 Å². The van der Waals surface area contributed by atoms with Crippen molar-refractivity contribution >= 4 is 26.7 Å². The summed E-state index contributed by atoms with van der Waals surface area (Å²) < 4.78 is 34.9. The summed E-state index contributed by atoms with van der Waals surface area (Å²) in [5, 5.41) is 0.401. The highest BCUT2D eigenvalue weighted by atomic mass is 32.2. The SMILES string of the molecule is Cc1ccc2oc(C(=O)N(Cc3ccco3)[C@@H]3CCS(=O)(=O)C3)cc(=O)c2c1. The normalized spacial score (nSPS) is 18.4. The molecule has 1 aliphatic rings. The number of furan rings is 1. The van der Waals surface area contributed by atoms with Gasteiger partial charge in [-0.05, 0) is 37.6 Å². The summed E-state index contributed by atoms with van der Waals surface area (Å²) in [6, 6.07) is 9.23. The number of amides is 1. The zero-order chi connectivity index (χ0) is 19.9. The van der Waals surface area contributed by atoms with Gasteiger partial charge in [0, 0.05) is 12.1 Å². The number of fused-ring (bicyclic) bond motifs is 1. The van der Waals surface area contributed by atoms with Crippen LogP contribution < -0.4 is 5.43 Å². The van der Waals surface area contributed by atoms with Crippen LogP contribution in [0.2, 0.25) is 0 Å². The fourth-order valence-corrected chi connectivity index (χ4v) is 5.21. The quantitative estimate of drug-likeness (QED) is 0.666. The molecule has 0 bridgehead atoms. The number of benzene rings is 1. The van der Waals surface area contributed by atoms with E-state index in [1.54, 1.807) is 30.3 Å². The molecule has 7 nitrogen and oxygen atoms in total. The van der Waals surface area contributed by atoms with Crippen molar-refractivity contribution in [1.82, 2.24) is 4.90 Å². The van der Waals surface area contributed by atoms with E-state index in [1.165, 1.54) is 17.2 Å². The molecule has 1 atom stereocenters. The molecule has 0 saturated carbocycles. The second-order valence-corrected chi connectivity index (χ2v) is 9.27. The molecule has 146 valence electrons. The van der Waals surface area contributed by atoms with E-state index in [0.29, 0.717) is 23.2 Å². The van der Waals surface area contributed by atoms with E-state index < -0.39 is 21.8 Å². The van der Waals surface area contributed by atoms with E-state index in [0.717, 1.165) is 5.56 Å². The van der Waals surface area contributed by atoms with Crippen molar-refractivity contribution < 1.29 is 22.0 Å². The average Bonchev–Trinajstić information content (AvgIpc) is 3.28. The maximum Gasteiger partial charge on any atom is 0.290 e. The van der Waals surface area contributed by atoms with Crippen LogP contribution in [0.5, 0.6) is 0 Å². The highest BCUT2D eigenvalue weighted by Crippen LogP contribution is 2.23. The van der Waals surface area contributed by atoms with E-state index in [2.05, 4.69) is 0 Å². The van der Waals surface area contributed by atoms with Crippen LogP contribution >= 0.6 is 0 Å². The first-order chi connectivity index (χ1) is 13.3. The Labute approximate surface area is 161 Å². The van der Waals surface area contributed by atoms with Gasteiger partial charge in [0.05, 0.1) is 29.7 Å². The molecule has 0 N–H and O–H groups in total. The smallest absolute Gasteiger partial charge is 0.290 e. The largest absolute Gasteiger partial charge is 0.467 e. The third kappa shape index (κ3) is 3.60. The molecule has 3 heterocycles. The van der Waals surface area contributed by atoms with E-state index in [4.69, 9.17) is 8.83 Å². The summed E-state index contributed by atoms with van der Waals surface area (Å²) in [4.78, 5) is 27.1. The minimum absolute atomic E-state index is 0.0283. The van der Waals surface area contributed by atoms with Crippen LogP contribution in [-0.2, 0) is 16.4 Å². The number of sulfone groups is 1. The van der Waals surface area contributed by atoms with Crippen LogP contribution in [0.1, 0.15) is 28.3 Å². The number of rotatable bonds is 4. The number of hydrogen-bond acceptors (Lipinski definition) is 6. The molecule has 1 amide bonds. The Morgan fingerprint density at radius 1 is 1.25 bits per heavy atom. The van der Waals surface area contributed by atoms with Crippen molar-refractivity contribution in [3.8, 4) is 0 Å². The lowest BCUT2D eigenvalue weighted by Crippen LogP contribution is -2.40. The molecule has 8 heteroatoms. The highest BCUT2D eigenvalue weighted by molar-refractivity contribution is 7.91. The molecule has 1 aliphatic heterocycles. The van der Waals surface area contributed by atoms with Crippen LogP contribution in [0.3, 0.4) is 0 Å². The van der Waals surface area contributed by atoms with Crippen LogP contribution in [0.4, 0.5) is 0 Å². The molecule has 4 rings (SSSR count). The average molecular weight is 401 g/mol. The van der Waals surface area contributed by atoms with E-state index in [1.807, 2.05) is 6.92 Å². The molecule has 2 aromatic heterocycles. The molecule has 3 aromatic rings. The fourth-order valence-electron chi connectivity index (χ4n) is 3.48. The van der Waals surface area contributed by atoms with Crippen LogP contribution in [0.15, 0.2) is 56.3 Å². The molecular formula is C20H19NO6S. The number of nitrogens with zero attached hydrogens (tertiary/aromatic N) is 1. The van der Waals surface area contributed by atoms with Crippen molar-refractivity contribution in [2.45, 2.75) is 25.9 Å². The van der Waals surface area contributed by atoms with Gasteiger partial charge in [0.2, 0.25) is 0 Å². The number of carbonyl (C=O) groups excluding carboxylic acids is 1. The monoisotopic (exact) mass is 401 g/mol. The fraction of sp³-hybridized carbons (Fsp3) is 0.300. The van der Waals surface area contributed by atoms with Gasteiger partial charge in [0.1, 0.15) is 11.3 Å². The van der Waals surface area contributed by atoms with Gasteiger partial charge in [0.25, 0.3) is 5.91 Å². The van der Waals surface area contributed by atoms with Crippen molar-refractivity contribution in [2.75, 3.05) is 11.5 Å². The standard InChI is InChI=1S/C20H19NO6S/c1-13-4-5-18-16(9-13)17(22)10-19(27-18)20(23)21(11-15-3-2-7-26-15)14-6-8-28(24,25)12-14/h2-5,7,9-10,14H,6,8,11-12H2,1H3/t14-/m1/s1. The van der Waals surface area contributed by atoms with Crippen molar-refractivity contribution in [3.63, 3.8) is 0 Å². The van der Waals surface area contributed by atoms with Crippen molar-refractivity contribution in [2.24, 2.45) is 0 Å². The molecule has 1 saturated heterocycles. The van der Waals surface area contributed by atoms with E-state index in [9.17, 15) is 18.0 Å². The molecule has 0 radical (unpaired) electrons. The summed E-state index contributed by atoms with van der Waals surface area (Å²) in [7, 11) is -3.20. The lowest BCUT2D eigenvalue weighted by molar-refractivity contribution is 0.0634. The summed E-state index contributed by atoms with van der Waals surface area (Å²) >= 11 is 0. The lowest BCUT2D eigenvalue weighted by Gasteiger charge is -2.26. The maximum atomic E-state index is 13.2. The first kappa shape index (κ1) is 18.5. The highest BCUT2D eigenvalue weighted by Gasteiger charge is 2.36. The lowest BCUT2D eigenvalue weighted by atomic mass is 10.1. The summed E-state index contributed by atoms with van der Waals surface area (Å²) in [5.74, 6) is -0.205. The van der Waals surface area contributed by atoms with Crippen LogP contribution in [-0.4, -0.2) is 36.8 Å². The van der Waals surface area contributed by atoms with Gasteiger partial charge in [-0.2, -0.15) is 0 Å². The minimum Gasteiger partial charge on any atom is -0.467 e. The Morgan fingerprint density at radius 3 is 2.75 bits per heavy atom. The Bertz CT molecular complexity index is 1190. The minimum atomic E-state index is -3.20. The van der Waals surface area contributed by atoms with Gasteiger partial charge in [-0.1, -0.05) is 11.6 Å². The first-order valence-corrected chi connectivity index (χ1v) is 10.7. The third-order valence-corrected chi connectivity index (χ3v) is 6.66. The summed E-state index contributed by atoms with van der Waals surface area (Å²) in [6.45, 7) is 1.96. The van der Waals surface area contributed by atoms with E-state index >= 15 is 0 Å². The first-order valence-electron chi connectivity index (χ1n) is 8.91. The Morgan fingerprint density at radius 2 is 2.07 bits per heavy atom. The number of hydrogen-bond donors (Lipinski definition) is 0. The van der Waals surface area contributed by atoms with E-state index in [-0.39, 0.29) is 29.2 Å². The third-order valence-electron chi connectivity index (χ3n) is 4.91. The Kier molecular flexibility index (Phi) is 4.58. The Hall–Kier alpha value is -2.87. The van der Waals surface area contributed by atoms with Crippen LogP contribution in [0.25, 0.3) is 11.0 Å². The predicted molar refractivity (Wildman–Crippen MR) is 103 cm³/mol. The molecule has 28 heavy (non-hydrogen) atoms. The topological polar surface area (TPSA) is 97.8 Å². The second kappa shape index (κ2) is 6.94. The van der Waals surface area contributed by atoms with Crippen molar-refractivity contribution in [3.05, 3.63) is 70.0 Å².